The zero-order chi connectivity index (χ0) is 21.7. The van der Waals surface area contributed by atoms with Crippen molar-refractivity contribution >= 4 is 21.6 Å². The van der Waals surface area contributed by atoms with Gasteiger partial charge < -0.3 is 5.32 Å². The van der Waals surface area contributed by atoms with Crippen LogP contribution in [0.2, 0.25) is 0 Å². The van der Waals surface area contributed by atoms with Gasteiger partial charge in [-0.3, -0.25) is 4.79 Å². The fraction of sp³-hybridized carbons (Fsp3) is 0.409. The number of hydrogen-bond donors (Lipinski definition) is 1. The van der Waals surface area contributed by atoms with Crippen LogP contribution in [0.3, 0.4) is 0 Å². The number of carbonyl (C=O) groups is 1. The fourth-order valence-electron chi connectivity index (χ4n) is 3.52. The van der Waals surface area contributed by atoms with Gasteiger partial charge in [0, 0.05) is 24.7 Å². The highest BCUT2D eigenvalue weighted by Crippen LogP contribution is 2.26. The Morgan fingerprint density at radius 3 is 2.33 bits per heavy atom. The molecule has 1 aliphatic rings. The topological polar surface area (TPSA) is 66.5 Å². The number of unbranched alkanes of at least 4 members (excludes halogenated alkanes) is 1. The van der Waals surface area contributed by atoms with E-state index >= 15 is 0 Å². The van der Waals surface area contributed by atoms with Crippen molar-refractivity contribution < 1.29 is 22.0 Å². The number of piperidine rings is 1. The SMILES string of the molecule is CCCCc1ccc(NC(=O)C2CCN(S(=O)(=O)c3ccc(F)c(F)c3)CC2)cc1. The zero-order valence-corrected chi connectivity index (χ0v) is 17.7. The molecular formula is C22H26F2N2O3S. The van der Waals surface area contributed by atoms with Gasteiger partial charge in [-0.15, -0.1) is 0 Å². The second-order valence-electron chi connectivity index (χ2n) is 7.54. The number of nitrogens with one attached hydrogen (secondary N) is 1. The summed E-state index contributed by atoms with van der Waals surface area (Å²) in [5.74, 6) is -2.74. The van der Waals surface area contributed by atoms with E-state index in [1.54, 1.807) is 0 Å². The third kappa shape index (κ3) is 5.23. The summed E-state index contributed by atoms with van der Waals surface area (Å²) in [5, 5.41) is 2.90. The van der Waals surface area contributed by atoms with Crippen LogP contribution in [0.25, 0.3) is 0 Å². The van der Waals surface area contributed by atoms with Crippen molar-refractivity contribution in [3.63, 3.8) is 0 Å². The molecule has 162 valence electrons. The lowest BCUT2D eigenvalue weighted by Crippen LogP contribution is -2.41. The Morgan fingerprint density at radius 1 is 1.07 bits per heavy atom. The average Bonchev–Trinajstić information content (AvgIpc) is 2.75. The minimum absolute atomic E-state index is 0.138. The molecule has 5 nitrogen and oxygen atoms in total. The van der Waals surface area contributed by atoms with Gasteiger partial charge in [-0.1, -0.05) is 25.5 Å². The second kappa shape index (κ2) is 9.66. The van der Waals surface area contributed by atoms with E-state index in [0.29, 0.717) is 18.9 Å². The van der Waals surface area contributed by atoms with Gasteiger partial charge in [-0.25, -0.2) is 17.2 Å². The molecule has 1 heterocycles. The molecule has 30 heavy (non-hydrogen) atoms. The molecule has 0 aromatic heterocycles. The normalized spacial score (nSPS) is 15.8. The molecule has 0 aliphatic carbocycles. The molecule has 8 heteroatoms. The summed E-state index contributed by atoms with van der Waals surface area (Å²) in [6.45, 7) is 2.44. The van der Waals surface area contributed by atoms with E-state index in [4.69, 9.17) is 0 Å². The standard InChI is InChI=1S/C22H26F2N2O3S/c1-2-3-4-16-5-7-18(8-6-16)25-22(27)17-11-13-26(14-12-17)30(28,29)19-9-10-20(23)21(24)15-19/h5-10,15,17H,2-4,11-14H2,1H3,(H,25,27). The van der Waals surface area contributed by atoms with Gasteiger partial charge in [-0.2, -0.15) is 4.31 Å². The molecule has 0 radical (unpaired) electrons. The number of halogens is 2. The fourth-order valence-corrected chi connectivity index (χ4v) is 5.01. The van der Waals surface area contributed by atoms with Gasteiger partial charge in [0.1, 0.15) is 0 Å². The van der Waals surface area contributed by atoms with Crippen molar-refractivity contribution in [2.75, 3.05) is 18.4 Å². The first-order chi connectivity index (χ1) is 14.3. The van der Waals surface area contributed by atoms with E-state index in [1.807, 2.05) is 24.3 Å². The number of nitrogens with zero attached hydrogens (tertiary/aromatic N) is 1. The van der Waals surface area contributed by atoms with E-state index in [0.717, 1.165) is 37.1 Å². The number of benzene rings is 2. The van der Waals surface area contributed by atoms with Crippen LogP contribution in [0.1, 0.15) is 38.2 Å². The molecule has 1 amide bonds. The Morgan fingerprint density at radius 2 is 1.73 bits per heavy atom. The second-order valence-corrected chi connectivity index (χ2v) is 9.48. The van der Waals surface area contributed by atoms with Crippen molar-refractivity contribution in [3.05, 3.63) is 59.7 Å². The van der Waals surface area contributed by atoms with Crippen molar-refractivity contribution in [2.45, 2.75) is 43.9 Å². The number of anilines is 1. The molecule has 1 N–H and O–H groups in total. The number of hydrogen-bond acceptors (Lipinski definition) is 3. The molecule has 0 bridgehead atoms. The Hall–Kier alpha value is -2.32. The minimum atomic E-state index is -3.93. The van der Waals surface area contributed by atoms with E-state index in [9.17, 15) is 22.0 Å². The minimum Gasteiger partial charge on any atom is -0.326 e. The molecule has 0 saturated carbocycles. The molecule has 3 rings (SSSR count). The quantitative estimate of drug-likeness (QED) is 0.702. The van der Waals surface area contributed by atoms with Crippen molar-refractivity contribution in [1.82, 2.24) is 4.31 Å². The van der Waals surface area contributed by atoms with Crippen LogP contribution in [0.5, 0.6) is 0 Å². The van der Waals surface area contributed by atoms with Crippen molar-refractivity contribution in [1.29, 1.82) is 0 Å². The van der Waals surface area contributed by atoms with E-state index in [2.05, 4.69) is 12.2 Å². The lowest BCUT2D eigenvalue weighted by molar-refractivity contribution is -0.120. The highest BCUT2D eigenvalue weighted by molar-refractivity contribution is 7.89. The van der Waals surface area contributed by atoms with Crippen LogP contribution in [0.4, 0.5) is 14.5 Å². The maximum Gasteiger partial charge on any atom is 0.243 e. The molecule has 0 atom stereocenters. The summed E-state index contributed by atoms with van der Waals surface area (Å²) in [6.07, 6.45) is 3.99. The highest BCUT2D eigenvalue weighted by Gasteiger charge is 2.32. The van der Waals surface area contributed by atoms with Crippen LogP contribution >= 0.6 is 0 Å². The lowest BCUT2D eigenvalue weighted by Gasteiger charge is -2.30. The molecule has 0 unspecified atom stereocenters. The maximum absolute atomic E-state index is 13.4. The summed E-state index contributed by atoms with van der Waals surface area (Å²) in [4.78, 5) is 12.3. The zero-order valence-electron chi connectivity index (χ0n) is 16.9. The van der Waals surface area contributed by atoms with Crippen LogP contribution in [-0.2, 0) is 21.2 Å². The first-order valence-electron chi connectivity index (χ1n) is 10.2. The van der Waals surface area contributed by atoms with Crippen LogP contribution < -0.4 is 5.32 Å². The van der Waals surface area contributed by atoms with Crippen molar-refractivity contribution in [2.24, 2.45) is 5.92 Å². The summed E-state index contributed by atoms with van der Waals surface area (Å²) >= 11 is 0. The monoisotopic (exact) mass is 436 g/mol. The largest absolute Gasteiger partial charge is 0.326 e. The van der Waals surface area contributed by atoms with Gasteiger partial charge >= 0.3 is 0 Å². The van der Waals surface area contributed by atoms with Crippen LogP contribution in [0, 0.1) is 17.6 Å². The molecule has 0 spiro atoms. The molecule has 1 fully saturated rings. The highest BCUT2D eigenvalue weighted by atomic mass is 32.2. The van der Waals surface area contributed by atoms with Crippen LogP contribution in [-0.4, -0.2) is 31.7 Å². The molecule has 2 aromatic rings. The van der Waals surface area contributed by atoms with Gasteiger partial charge in [0.05, 0.1) is 4.90 Å². The van der Waals surface area contributed by atoms with Crippen molar-refractivity contribution in [3.8, 4) is 0 Å². The summed E-state index contributed by atoms with van der Waals surface area (Å²) in [5.41, 5.74) is 1.95. The number of carbonyl (C=O) groups excluding carboxylic acids is 1. The molecular weight excluding hydrogens is 410 g/mol. The average molecular weight is 437 g/mol. The first-order valence-corrected chi connectivity index (χ1v) is 11.6. The molecule has 1 saturated heterocycles. The molecule has 1 aliphatic heterocycles. The van der Waals surface area contributed by atoms with Gasteiger partial charge in [-0.05, 0) is 61.6 Å². The summed E-state index contributed by atoms with van der Waals surface area (Å²) in [6, 6.07) is 10.3. The molecule has 2 aromatic carbocycles. The van der Waals surface area contributed by atoms with E-state index in [1.165, 1.54) is 9.87 Å². The van der Waals surface area contributed by atoms with E-state index in [-0.39, 0.29) is 29.8 Å². The Bertz CT molecular complexity index is 986. The number of amides is 1. The predicted octanol–water partition coefficient (Wildman–Crippen LogP) is 4.35. The van der Waals surface area contributed by atoms with Crippen LogP contribution in [0.15, 0.2) is 47.4 Å². The maximum atomic E-state index is 13.4. The number of sulfonamides is 1. The lowest BCUT2D eigenvalue weighted by atomic mass is 9.97. The predicted molar refractivity (Wildman–Crippen MR) is 112 cm³/mol. The smallest absolute Gasteiger partial charge is 0.243 e. The van der Waals surface area contributed by atoms with Gasteiger partial charge in [0.2, 0.25) is 15.9 Å². The Labute approximate surface area is 176 Å². The first kappa shape index (κ1) is 22.4. The van der Waals surface area contributed by atoms with Gasteiger partial charge in [0.25, 0.3) is 0 Å². The third-order valence-corrected chi connectivity index (χ3v) is 7.29. The third-order valence-electron chi connectivity index (χ3n) is 5.39. The number of aryl methyl sites for hydroxylation is 1. The number of rotatable bonds is 7. The summed E-state index contributed by atoms with van der Waals surface area (Å²) < 4.78 is 53.1. The van der Waals surface area contributed by atoms with Gasteiger partial charge in [0.15, 0.2) is 11.6 Å². The summed E-state index contributed by atoms with van der Waals surface area (Å²) in [7, 11) is -3.93. The Balaban J connectivity index is 1.56. The van der Waals surface area contributed by atoms with E-state index < -0.39 is 21.7 Å². The Kier molecular flexibility index (Phi) is 7.20.